The molecule has 208 valence electrons. The molecule has 0 radical (unpaired) electrons. The molecule has 1 aromatic carbocycles. The molecule has 0 atom stereocenters. The zero-order chi connectivity index (χ0) is 27.2. The number of hydrogen-bond donors (Lipinski definition) is 5. The minimum atomic E-state index is -4.39. The second kappa shape index (κ2) is 11.9. The number of nitrogens with zero attached hydrogens (tertiary/aromatic N) is 4. The van der Waals surface area contributed by atoms with Gasteiger partial charge in [0.25, 0.3) is 0 Å². The summed E-state index contributed by atoms with van der Waals surface area (Å²) in [6.45, 7) is 0. The van der Waals surface area contributed by atoms with Crippen molar-refractivity contribution in [3.63, 3.8) is 0 Å². The highest BCUT2D eigenvalue weighted by molar-refractivity contribution is 5.93. The number of aromatic nitrogens is 4. The van der Waals surface area contributed by atoms with Crippen molar-refractivity contribution in [1.29, 1.82) is 0 Å². The molecule has 5 rings (SSSR count). The van der Waals surface area contributed by atoms with Gasteiger partial charge in [0.05, 0.1) is 5.56 Å². The molecule has 0 spiro atoms. The van der Waals surface area contributed by atoms with E-state index < -0.39 is 11.7 Å². The molecule has 12 heteroatoms. The smallest absolute Gasteiger partial charge is 0.353 e. The van der Waals surface area contributed by atoms with E-state index in [0.29, 0.717) is 29.3 Å². The first-order valence-electron chi connectivity index (χ1n) is 13.5. The number of hydrogen-bond acceptors (Lipinski definition) is 6. The maximum atomic E-state index is 13.0. The van der Waals surface area contributed by atoms with Crippen molar-refractivity contribution in [2.75, 3.05) is 23.0 Å². The quantitative estimate of drug-likeness (QED) is 0.183. The van der Waals surface area contributed by atoms with Crippen molar-refractivity contribution in [3.05, 3.63) is 53.9 Å². The molecule has 0 amide bonds. The molecule has 2 fully saturated rings. The molecule has 9 nitrogen and oxygen atoms in total. The molecule has 0 unspecified atom stereocenters. The number of alkyl halides is 3. The molecule has 0 bridgehead atoms. The van der Waals surface area contributed by atoms with Crippen LogP contribution in [0.5, 0.6) is 0 Å². The monoisotopic (exact) mass is 541 g/mol. The molecule has 39 heavy (non-hydrogen) atoms. The molecule has 0 aliphatic heterocycles. The number of H-pyrrole nitrogens is 1. The summed E-state index contributed by atoms with van der Waals surface area (Å²) < 4.78 is 39.1. The lowest BCUT2D eigenvalue weighted by Gasteiger charge is -2.30. The van der Waals surface area contributed by atoms with Gasteiger partial charge in [-0.25, -0.2) is 4.98 Å². The van der Waals surface area contributed by atoms with E-state index in [4.69, 9.17) is 0 Å². The minimum absolute atomic E-state index is 0.155. The van der Waals surface area contributed by atoms with Crippen LogP contribution >= 0.6 is 0 Å². The average Bonchev–Trinajstić information content (AvgIpc) is 3.62. The van der Waals surface area contributed by atoms with Crippen LogP contribution in [0.3, 0.4) is 0 Å². The number of aliphatic imine (C=N–C) groups is 1. The minimum Gasteiger partial charge on any atom is -0.353 e. The summed E-state index contributed by atoms with van der Waals surface area (Å²) in [5.41, 5.74) is 0.812. The highest BCUT2D eigenvalue weighted by atomic mass is 19.4. The van der Waals surface area contributed by atoms with Gasteiger partial charge in [-0.1, -0.05) is 18.9 Å². The summed E-state index contributed by atoms with van der Waals surface area (Å²) >= 11 is 0. The Morgan fingerprint density at radius 3 is 2.49 bits per heavy atom. The number of rotatable bonds is 7. The normalized spacial score (nSPS) is 20.6. The van der Waals surface area contributed by atoms with Crippen molar-refractivity contribution in [2.24, 2.45) is 4.99 Å². The molecular weight excluding hydrogens is 507 g/mol. The summed E-state index contributed by atoms with van der Waals surface area (Å²) in [5, 5.41) is 20.6. The van der Waals surface area contributed by atoms with Gasteiger partial charge >= 0.3 is 6.18 Å². The molecular formula is C27H34F3N9. The van der Waals surface area contributed by atoms with E-state index >= 15 is 0 Å². The van der Waals surface area contributed by atoms with Gasteiger partial charge in [-0.15, -0.1) is 0 Å². The standard InChI is InChI=1S/C27H34F3N9/c1-31-25(35-21-8-4-7-18(15-21)27(28,29)30)33-19-9-11-20(12-10-19)34-26-32-14-13-23(37-26)36-24-16-22(38-39-24)17-5-2-3-6-17/h4,7-8,13-17,19-20H,2-3,5-6,9-12H2,1H3,(H2,31,33,35)(H3,32,34,36,37,38,39)/t19-,20-. The van der Waals surface area contributed by atoms with Gasteiger partial charge in [-0.2, -0.15) is 23.3 Å². The fourth-order valence-electron chi connectivity index (χ4n) is 5.30. The highest BCUT2D eigenvalue weighted by Crippen LogP contribution is 2.34. The Labute approximate surface area is 225 Å². The van der Waals surface area contributed by atoms with Crippen molar-refractivity contribution in [3.8, 4) is 0 Å². The topological polar surface area (TPSA) is 115 Å². The van der Waals surface area contributed by atoms with Crippen LogP contribution in [0.25, 0.3) is 0 Å². The van der Waals surface area contributed by atoms with Crippen LogP contribution < -0.4 is 21.3 Å². The van der Waals surface area contributed by atoms with Gasteiger partial charge in [-0.05, 0) is 62.8 Å². The van der Waals surface area contributed by atoms with Gasteiger partial charge < -0.3 is 21.3 Å². The molecule has 2 aromatic heterocycles. The Kier molecular flexibility index (Phi) is 8.18. The van der Waals surface area contributed by atoms with Crippen LogP contribution in [-0.2, 0) is 6.18 Å². The third kappa shape index (κ3) is 7.18. The fraction of sp³-hybridized carbons (Fsp3) is 0.481. The average molecular weight is 542 g/mol. The van der Waals surface area contributed by atoms with Gasteiger partial charge in [0.2, 0.25) is 5.95 Å². The highest BCUT2D eigenvalue weighted by Gasteiger charge is 2.30. The molecule has 3 aromatic rings. The second-order valence-electron chi connectivity index (χ2n) is 10.2. The van der Waals surface area contributed by atoms with Crippen LogP contribution in [0.1, 0.15) is 68.5 Å². The van der Waals surface area contributed by atoms with Crippen LogP contribution in [-0.4, -0.2) is 45.3 Å². The number of nitrogens with one attached hydrogen (secondary N) is 5. The van der Waals surface area contributed by atoms with E-state index in [1.807, 2.05) is 6.07 Å². The SMILES string of the molecule is C/N=C(\Nc1cccc(C(F)(F)F)c1)N[C@H]1CC[C@H](Nc2nccc(Nc3cc(C4CCCC4)[nH]n3)n2)CC1. The Balaban J connectivity index is 1.10. The molecule has 5 N–H and O–H groups in total. The third-order valence-electron chi connectivity index (χ3n) is 7.38. The summed E-state index contributed by atoms with van der Waals surface area (Å²) in [5.74, 6) is 3.00. The largest absolute Gasteiger partial charge is 0.416 e. The van der Waals surface area contributed by atoms with E-state index in [2.05, 4.69) is 52.5 Å². The summed E-state index contributed by atoms with van der Waals surface area (Å²) in [6.07, 6.45) is 5.82. The number of guanidine groups is 1. The van der Waals surface area contributed by atoms with Crippen molar-refractivity contribution < 1.29 is 13.2 Å². The fourth-order valence-corrected chi connectivity index (χ4v) is 5.30. The number of halogens is 3. The predicted molar refractivity (Wildman–Crippen MR) is 146 cm³/mol. The number of benzene rings is 1. The van der Waals surface area contributed by atoms with Gasteiger partial charge in [0, 0.05) is 48.7 Å². The Morgan fingerprint density at radius 1 is 0.974 bits per heavy atom. The summed E-state index contributed by atoms with van der Waals surface area (Å²) in [7, 11) is 1.60. The van der Waals surface area contributed by atoms with Crippen molar-refractivity contribution in [2.45, 2.75) is 75.5 Å². The summed E-state index contributed by atoms with van der Waals surface area (Å²) in [6, 6.07) is 9.36. The van der Waals surface area contributed by atoms with E-state index in [1.54, 1.807) is 19.3 Å². The number of anilines is 4. The zero-order valence-electron chi connectivity index (χ0n) is 21.9. The van der Waals surface area contributed by atoms with E-state index in [1.165, 1.54) is 37.4 Å². The second-order valence-corrected chi connectivity index (χ2v) is 10.2. The molecule has 2 aliphatic carbocycles. The Morgan fingerprint density at radius 2 is 1.74 bits per heavy atom. The van der Waals surface area contributed by atoms with Crippen molar-refractivity contribution >= 4 is 29.2 Å². The molecule has 2 saturated carbocycles. The van der Waals surface area contributed by atoms with Crippen LogP contribution in [0.2, 0.25) is 0 Å². The number of aromatic amines is 1. The third-order valence-corrected chi connectivity index (χ3v) is 7.38. The summed E-state index contributed by atoms with van der Waals surface area (Å²) in [4.78, 5) is 13.2. The first-order chi connectivity index (χ1) is 18.9. The first-order valence-corrected chi connectivity index (χ1v) is 13.5. The molecule has 2 aliphatic rings. The van der Waals surface area contributed by atoms with E-state index in [0.717, 1.165) is 43.6 Å². The van der Waals surface area contributed by atoms with E-state index in [-0.39, 0.29) is 12.1 Å². The zero-order valence-corrected chi connectivity index (χ0v) is 21.9. The van der Waals surface area contributed by atoms with Gasteiger partial charge in [0.1, 0.15) is 5.82 Å². The predicted octanol–water partition coefficient (Wildman–Crippen LogP) is 6.03. The molecule has 2 heterocycles. The first kappa shape index (κ1) is 26.8. The maximum Gasteiger partial charge on any atom is 0.416 e. The lowest BCUT2D eigenvalue weighted by Crippen LogP contribution is -2.43. The Bertz CT molecular complexity index is 1260. The van der Waals surface area contributed by atoms with Crippen molar-refractivity contribution in [1.82, 2.24) is 25.5 Å². The van der Waals surface area contributed by atoms with Crippen LogP contribution in [0.4, 0.5) is 36.4 Å². The lowest BCUT2D eigenvalue weighted by molar-refractivity contribution is -0.137. The van der Waals surface area contributed by atoms with Crippen LogP contribution in [0, 0.1) is 0 Å². The Hall–Kier alpha value is -3.83. The maximum absolute atomic E-state index is 13.0. The lowest BCUT2D eigenvalue weighted by atomic mass is 9.91. The van der Waals surface area contributed by atoms with Gasteiger partial charge in [0.15, 0.2) is 11.8 Å². The van der Waals surface area contributed by atoms with E-state index in [9.17, 15) is 13.2 Å². The molecule has 0 saturated heterocycles. The van der Waals surface area contributed by atoms with Gasteiger partial charge in [-0.3, -0.25) is 10.1 Å². The van der Waals surface area contributed by atoms with Crippen LogP contribution in [0.15, 0.2) is 47.6 Å².